The molecule has 1 unspecified atom stereocenters. The number of hydrogen-bond donors (Lipinski definition) is 0. The first-order valence-corrected chi connectivity index (χ1v) is 16.2. The van der Waals surface area contributed by atoms with Crippen LogP contribution in [-0.2, 0) is 38.1 Å². The van der Waals surface area contributed by atoms with Gasteiger partial charge in [0.15, 0.2) is 0 Å². The van der Waals surface area contributed by atoms with Crippen molar-refractivity contribution in [2.24, 2.45) is 11.3 Å². The molecule has 0 heterocycles. The van der Waals surface area contributed by atoms with Gasteiger partial charge in [0.2, 0.25) is 5.92 Å². The van der Waals surface area contributed by atoms with Crippen LogP contribution in [0.1, 0.15) is 74.7 Å². The Bertz CT molecular complexity index is 702. The van der Waals surface area contributed by atoms with Crippen molar-refractivity contribution < 1.29 is 38.1 Å². The van der Waals surface area contributed by atoms with Gasteiger partial charge >= 0.3 is 23.9 Å². The lowest BCUT2D eigenvalue weighted by molar-refractivity contribution is -0.153. The van der Waals surface area contributed by atoms with E-state index in [-0.39, 0.29) is 29.2 Å². The first-order valence-electron chi connectivity index (χ1n) is 13.7. The van der Waals surface area contributed by atoms with Gasteiger partial charge in [-0.2, -0.15) is 4.79 Å². The molecule has 0 rings (SSSR count). The highest BCUT2D eigenvalue weighted by molar-refractivity contribution is 8.76. The van der Waals surface area contributed by atoms with Crippen molar-refractivity contribution in [3.8, 4) is 0 Å². The van der Waals surface area contributed by atoms with Crippen molar-refractivity contribution in [2.45, 2.75) is 74.7 Å². The van der Waals surface area contributed by atoms with E-state index in [4.69, 9.17) is 18.9 Å². The van der Waals surface area contributed by atoms with Crippen LogP contribution >= 0.6 is 21.6 Å². The predicted octanol–water partition coefficient (Wildman–Crippen LogP) is 5.77. The van der Waals surface area contributed by atoms with Crippen LogP contribution in [0.4, 0.5) is 0 Å². The zero-order valence-corrected chi connectivity index (χ0v) is 28.1. The highest BCUT2D eigenvalue weighted by Crippen LogP contribution is 2.21. The number of ether oxygens (including phenoxy) is 4. The van der Waals surface area contributed by atoms with E-state index in [2.05, 4.69) is 6.58 Å². The molecule has 0 bridgehead atoms. The summed E-state index contributed by atoms with van der Waals surface area (Å²) in [6.45, 7) is 21.0. The molecule has 0 aliphatic carbocycles. The molecule has 11 heteroatoms. The van der Waals surface area contributed by atoms with Crippen molar-refractivity contribution in [1.29, 1.82) is 0 Å². The summed E-state index contributed by atoms with van der Waals surface area (Å²) >= 11 is 0. The Hall–Kier alpha value is -1.85. The Balaban J connectivity index is -0.000000542. The van der Waals surface area contributed by atoms with Gasteiger partial charge < -0.3 is 23.8 Å². The minimum atomic E-state index is -0.400. The number of likely N-dealkylation sites (N-methyl/N-ethyl adjacent to an activating group) is 1. The topological polar surface area (TPSA) is 108 Å². The summed E-state index contributed by atoms with van der Waals surface area (Å²) in [6, 6.07) is 0. The Labute approximate surface area is 251 Å². The SMILES string of the molecule is C=CC(=O)OCCSSCCOC(=O)C(C)CC.CCOC(=O)C(C)(C)CC.CC[C+](C)C(=O)OCCN(C)C. The average molecular weight is 609 g/mol. The van der Waals surface area contributed by atoms with Gasteiger partial charge in [0.05, 0.1) is 31.3 Å². The summed E-state index contributed by atoms with van der Waals surface area (Å²) in [5.74, 6) is 1.41. The van der Waals surface area contributed by atoms with Crippen LogP contribution in [0, 0.1) is 17.3 Å². The van der Waals surface area contributed by atoms with Crippen molar-refractivity contribution in [1.82, 2.24) is 4.90 Å². The molecule has 0 N–H and O–H groups in total. The quantitative estimate of drug-likeness (QED) is 0.0473. The monoisotopic (exact) mass is 608 g/mol. The lowest BCUT2D eigenvalue weighted by Gasteiger charge is -2.19. The molecule has 0 saturated carbocycles. The summed E-state index contributed by atoms with van der Waals surface area (Å²) in [6.07, 6.45) is 3.54. The molecule has 0 aromatic carbocycles. The van der Waals surface area contributed by atoms with Crippen LogP contribution < -0.4 is 0 Å². The van der Waals surface area contributed by atoms with E-state index in [1.165, 1.54) is 0 Å². The molecule has 0 amide bonds. The lowest BCUT2D eigenvalue weighted by atomic mass is 9.91. The van der Waals surface area contributed by atoms with E-state index in [1.54, 1.807) is 28.5 Å². The molecule has 0 aromatic rings. The van der Waals surface area contributed by atoms with E-state index >= 15 is 0 Å². The highest BCUT2D eigenvalue weighted by atomic mass is 33.1. The third kappa shape index (κ3) is 26.4. The minimum Gasteiger partial charge on any atom is -0.466 e. The van der Waals surface area contributed by atoms with Crippen molar-refractivity contribution >= 4 is 45.5 Å². The van der Waals surface area contributed by atoms with Crippen LogP contribution in [0.25, 0.3) is 0 Å². The molecule has 0 aliphatic rings. The summed E-state index contributed by atoms with van der Waals surface area (Å²) in [5.41, 5.74) is -0.310. The Morgan fingerprint density at radius 1 is 0.925 bits per heavy atom. The Morgan fingerprint density at radius 2 is 1.48 bits per heavy atom. The highest BCUT2D eigenvalue weighted by Gasteiger charge is 2.26. The molecule has 0 saturated heterocycles. The molecular formula is C29H54NO8S2+. The van der Waals surface area contributed by atoms with Gasteiger partial charge in [-0.25, -0.2) is 4.79 Å². The minimum absolute atomic E-state index is 0.0269. The third-order valence-electron chi connectivity index (χ3n) is 5.45. The summed E-state index contributed by atoms with van der Waals surface area (Å²) < 4.78 is 19.7. The summed E-state index contributed by atoms with van der Waals surface area (Å²) in [7, 11) is 7.08. The second-order valence-corrected chi connectivity index (χ2v) is 12.2. The summed E-state index contributed by atoms with van der Waals surface area (Å²) in [4.78, 5) is 46.1. The third-order valence-corrected chi connectivity index (χ3v) is 7.78. The molecule has 0 fully saturated rings. The smallest absolute Gasteiger partial charge is 0.466 e. The second kappa shape index (κ2) is 27.3. The fourth-order valence-electron chi connectivity index (χ4n) is 1.90. The number of carbonyl (C=O) groups is 4. The summed E-state index contributed by atoms with van der Waals surface area (Å²) in [5, 5.41) is 0. The van der Waals surface area contributed by atoms with Gasteiger partial charge in [0.1, 0.15) is 19.8 Å². The van der Waals surface area contributed by atoms with Gasteiger partial charge in [-0.05, 0) is 54.6 Å². The second-order valence-electron chi connectivity index (χ2n) is 9.52. The van der Waals surface area contributed by atoms with Crippen molar-refractivity contribution in [3.63, 3.8) is 0 Å². The first kappa shape index (κ1) is 42.6. The maximum absolute atomic E-state index is 11.3. The fraction of sp³-hybridized carbons (Fsp3) is 0.759. The number of rotatable bonds is 18. The maximum Gasteiger partial charge on any atom is 0.498 e. The van der Waals surface area contributed by atoms with Gasteiger partial charge in [0, 0.05) is 24.1 Å². The number of carbonyl (C=O) groups excluding carboxylic acids is 4. The van der Waals surface area contributed by atoms with E-state index in [0.29, 0.717) is 32.2 Å². The van der Waals surface area contributed by atoms with Gasteiger partial charge in [0.25, 0.3) is 0 Å². The molecule has 0 spiro atoms. The molecular weight excluding hydrogens is 554 g/mol. The largest absolute Gasteiger partial charge is 0.498 e. The molecule has 9 nitrogen and oxygen atoms in total. The van der Waals surface area contributed by atoms with Crippen LogP contribution in [0.3, 0.4) is 0 Å². The maximum atomic E-state index is 11.3. The normalized spacial score (nSPS) is 11.1. The van der Waals surface area contributed by atoms with Gasteiger partial charge in [-0.1, -0.05) is 48.9 Å². The van der Waals surface area contributed by atoms with E-state index in [0.717, 1.165) is 43.6 Å². The zero-order chi connectivity index (χ0) is 31.6. The number of nitrogens with zero attached hydrogens (tertiary/aromatic N) is 1. The molecule has 234 valence electrons. The predicted molar refractivity (Wildman–Crippen MR) is 166 cm³/mol. The molecule has 40 heavy (non-hydrogen) atoms. The van der Waals surface area contributed by atoms with E-state index in [9.17, 15) is 19.2 Å². The fourth-order valence-corrected chi connectivity index (χ4v) is 3.55. The molecule has 0 aromatic heterocycles. The average Bonchev–Trinajstić information content (AvgIpc) is 2.93. The zero-order valence-electron chi connectivity index (χ0n) is 26.5. The van der Waals surface area contributed by atoms with Crippen molar-refractivity contribution in [3.05, 3.63) is 18.6 Å². The van der Waals surface area contributed by atoms with Crippen LogP contribution in [-0.4, -0.2) is 87.4 Å². The van der Waals surface area contributed by atoms with E-state index in [1.807, 2.05) is 67.5 Å². The first-order chi connectivity index (χ1) is 18.7. The van der Waals surface area contributed by atoms with Crippen LogP contribution in [0.5, 0.6) is 0 Å². The molecule has 1 atom stereocenters. The van der Waals surface area contributed by atoms with E-state index < -0.39 is 5.97 Å². The standard InChI is InChI=1S/C12H20O4S2.C9H18NO2.C8H16O2/c1-4-10(3)12(14)16-7-9-18-17-8-6-15-11(13)5-2;1-5-8(2)9(11)12-7-6-10(3)4;1-5-8(3,4)7(9)10-6-2/h5,10H,2,4,6-9H2,1,3H3;5-7H2,1-4H3;5-6H2,1-4H3/q;+1;. The van der Waals surface area contributed by atoms with Gasteiger partial charge in [-0.15, -0.1) is 0 Å². The van der Waals surface area contributed by atoms with Gasteiger partial charge in [-0.3, -0.25) is 9.59 Å². The lowest BCUT2D eigenvalue weighted by Crippen LogP contribution is -2.25. The Kier molecular flexibility index (Phi) is 29.1. The molecule has 0 aliphatic heterocycles. The van der Waals surface area contributed by atoms with Crippen LogP contribution in [0.15, 0.2) is 12.7 Å². The number of hydrogen-bond acceptors (Lipinski definition) is 11. The Morgan fingerprint density at radius 3 is 1.90 bits per heavy atom. The van der Waals surface area contributed by atoms with Crippen LogP contribution in [0.2, 0.25) is 0 Å². The number of esters is 4. The van der Waals surface area contributed by atoms with Crippen molar-refractivity contribution in [2.75, 3.05) is 58.6 Å². The molecule has 0 radical (unpaired) electrons.